The number of hydrogen-bond donors (Lipinski definition) is 1. The highest BCUT2D eigenvalue weighted by atomic mass is 79.9. The number of nitrogens with zero attached hydrogens (tertiary/aromatic N) is 1. The lowest BCUT2D eigenvalue weighted by Gasteiger charge is -2.22. The highest BCUT2D eigenvalue weighted by molar-refractivity contribution is 9.10. The van der Waals surface area contributed by atoms with Crippen molar-refractivity contribution in [3.63, 3.8) is 0 Å². The molecule has 0 bridgehead atoms. The summed E-state index contributed by atoms with van der Waals surface area (Å²) in [6.45, 7) is 14.1. The summed E-state index contributed by atoms with van der Waals surface area (Å²) in [5.74, 6) is 0. The van der Waals surface area contributed by atoms with Crippen molar-refractivity contribution in [3.05, 3.63) is 33.4 Å². The van der Waals surface area contributed by atoms with E-state index >= 15 is 0 Å². The van der Waals surface area contributed by atoms with Crippen LogP contribution in [0.4, 0.5) is 5.69 Å². The van der Waals surface area contributed by atoms with Crippen LogP contribution < -0.4 is 5.32 Å². The molecule has 0 spiro atoms. The Kier molecular flexibility index (Phi) is 4.62. The fourth-order valence-electron chi connectivity index (χ4n) is 2.52. The number of halogens is 1. The first-order valence-electron chi connectivity index (χ1n) is 7.60. The number of benzene rings is 1. The van der Waals surface area contributed by atoms with E-state index in [1.165, 1.54) is 26.7 Å². The van der Waals surface area contributed by atoms with Crippen LogP contribution in [0.1, 0.15) is 50.9 Å². The van der Waals surface area contributed by atoms with E-state index in [0.29, 0.717) is 0 Å². The number of anilines is 1. The minimum atomic E-state index is 0.0473. The number of fused-ring (bicyclic) bond motifs is 1. The lowest BCUT2D eigenvalue weighted by Crippen LogP contribution is -2.15. The number of rotatable bonds is 3. The SMILES string of the molecule is CCCNc1cc(C(C)(C)C)nc2cc(C)c(Br)c(C)c12. The Morgan fingerprint density at radius 3 is 2.43 bits per heavy atom. The molecule has 1 aromatic carbocycles. The van der Waals surface area contributed by atoms with Crippen molar-refractivity contribution in [1.29, 1.82) is 0 Å². The summed E-state index contributed by atoms with van der Waals surface area (Å²) in [4.78, 5) is 4.92. The zero-order valence-corrected chi connectivity index (χ0v) is 15.5. The number of hydrogen-bond acceptors (Lipinski definition) is 2. The van der Waals surface area contributed by atoms with Crippen molar-refractivity contribution in [3.8, 4) is 0 Å². The summed E-state index contributed by atoms with van der Waals surface area (Å²) in [5, 5.41) is 4.81. The summed E-state index contributed by atoms with van der Waals surface area (Å²) in [5.41, 5.74) is 5.96. The second-order valence-corrected chi connectivity index (χ2v) is 7.55. The molecule has 3 heteroatoms. The average molecular weight is 349 g/mol. The van der Waals surface area contributed by atoms with Gasteiger partial charge in [0.25, 0.3) is 0 Å². The zero-order valence-electron chi connectivity index (χ0n) is 13.9. The fraction of sp³-hybridized carbons (Fsp3) is 0.500. The van der Waals surface area contributed by atoms with Gasteiger partial charge in [0.05, 0.1) is 5.52 Å². The molecule has 0 aliphatic carbocycles. The summed E-state index contributed by atoms with van der Waals surface area (Å²) in [6.07, 6.45) is 1.11. The maximum atomic E-state index is 4.92. The van der Waals surface area contributed by atoms with Gasteiger partial charge >= 0.3 is 0 Å². The van der Waals surface area contributed by atoms with Crippen molar-refractivity contribution in [2.45, 2.75) is 53.4 Å². The van der Waals surface area contributed by atoms with Gasteiger partial charge in [-0.3, -0.25) is 4.98 Å². The Bertz CT molecular complexity index is 669. The Balaban J connectivity index is 2.78. The van der Waals surface area contributed by atoms with E-state index in [0.717, 1.165) is 24.2 Å². The number of aryl methyl sites for hydroxylation is 2. The quantitative estimate of drug-likeness (QED) is 0.765. The van der Waals surface area contributed by atoms with Gasteiger partial charge in [0.15, 0.2) is 0 Å². The molecule has 2 aromatic rings. The Labute approximate surface area is 136 Å². The number of pyridine rings is 1. The maximum absolute atomic E-state index is 4.92. The van der Waals surface area contributed by atoms with Gasteiger partial charge in [-0.05, 0) is 43.5 Å². The van der Waals surface area contributed by atoms with Crippen molar-refractivity contribution in [2.75, 3.05) is 11.9 Å². The minimum Gasteiger partial charge on any atom is -0.384 e. The average Bonchev–Trinajstić information content (AvgIpc) is 2.40. The highest BCUT2D eigenvalue weighted by Gasteiger charge is 2.19. The van der Waals surface area contributed by atoms with Crippen LogP contribution >= 0.6 is 15.9 Å². The van der Waals surface area contributed by atoms with E-state index in [-0.39, 0.29) is 5.41 Å². The third kappa shape index (κ3) is 3.23. The van der Waals surface area contributed by atoms with Crippen LogP contribution in [0.15, 0.2) is 16.6 Å². The fourth-order valence-corrected chi connectivity index (χ4v) is 2.83. The zero-order chi connectivity index (χ0) is 15.8. The maximum Gasteiger partial charge on any atom is 0.0732 e. The predicted molar refractivity (Wildman–Crippen MR) is 96.4 cm³/mol. The standard InChI is InChI=1S/C18H25BrN2/c1-7-8-20-13-10-15(18(4,5)6)21-14-9-11(2)17(19)12(3)16(13)14/h9-10H,7-8H2,1-6H3,(H,20,21). The third-order valence-electron chi connectivity index (χ3n) is 3.78. The molecular weight excluding hydrogens is 324 g/mol. The molecule has 0 aliphatic heterocycles. The Morgan fingerprint density at radius 2 is 1.86 bits per heavy atom. The molecule has 0 saturated heterocycles. The van der Waals surface area contributed by atoms with Gasteiger partial charge in [-0.25, -0.2) is 0 Å². The van der Waals surface area contributed by atoms with E-state index in [1.807, 2.05) is 0 Å². The summed E-state index contributed by atoms with van der Waals surface area (Å²) in [7, 11) is 0. The molecule has 0 aliphatic rings. The van der Waals surface area contributed by atoms with Crippen molar-refractivity contribution in [2.24, 2.45) is 0 Å². The normalized spacial score (nSPS) is 12.0. The van der Waals surface area contributed by atoms with Crippen LogP contribution in [0.2, 0.25) is 0 Å². The summed E-state index contributed by atoms with van der Waals surface area (Å²) in [6, 6.07) is 4.39. The third-order valence-corrected chi connectivity index (χ3v) is 5.01. The van der Waals surface area contributed by atoms with Crippen molar-refractivity contribution in [1.82, 2.24) is 4.98 Å². The first-order chi connectivity index (χ1) is 9.75. The van der Waals surface area contributed by atoms with E-state index < -0.39 is 0 Å². The van der Waals surface area contributed by atoms with Crippen molar-refractivity contribution >= 4 is 32.5 Å². The lowest BCUT2D eigenvalue weighted by molar-refractivity contribution is 0.571. The Morgan fingerprint density at radius 1 is 1.19 bits per heavy atom. The molecule has 1 heterocycles. The molecule has 0 radical (unpaired) electrons. The Hall–Kier alpha value is -1.09. The molecule has 1 aromatic heterocycles. The first kappa shape index (κ1) is 16.3. The molecule has 2 nitrogen and oxygen atoms in total. The van der Waals surface area contributed by atoms with Crippen molar-refractivity contribution < 1.29 is 0 Å². The van der Waals surface area contributed by atoms with Gasteiger partial charge in [0.1, 0.15) is 0 Å². The van der Waals surface area contributed by atoms with Crippen LogP contribution in [-0.4, -0.2) is 11.5 Å². The summed E-state index contributed by atoms with van der Waals surface area (Å²) >= 11 is 3.71. The van der Waals surface area contributed by atoms with Crippen LogP contribution in [0, 0.1) is 13.8 Å². The van der Waals surface area contributed by atoms with Gasteiger partial charge in [-0.15, -0.1) is 0 Å². The molecule has 2 rings (SSSR count). The molecule has 0 saturated carbocycles. The topological polar surface area (TPSA) is 24.9 Å². The largest absolute Gasteiger partial charge is 0.384 e. The van der Waals surface area contributed by atoms with Crippen LogP contribution in [0.3, 0.4) is 0 Å². The first-order valence-corrected chi connectivity index (χ1v) is 8.39. The van der Waals surface area contributed by atoms with Gasteiger partial charge in [-0.2, -0.15) is 0 Å². The molecule has 1 N–H and O–H groups in total. The number of aromatic nitrogens is 1. The molecule has 21 heavy (non-hydrogen) atoms. The molecule has 0 unspecified atom stereocenters. The van der Waals surface area contributed by atoms with Crippen LogP contribution in [-0.2, 0) is 5.41 Å². The lowest BCUT2D eigenvalue weighted by atomic mass is 9.90. The van der Waals surface area contributed by atoms with E-state index in [2.05, 4.69) is 74.9 Å². The highest BCUT2D eigenvalue weighted by Crippen LogP contribution is 2.35. The van der Waals surface area contributed by atoms with Gasteiger partial charge in [-0.1, -0.05) is 43.6 Å². The summed E-state index contributed by atoms with van der Waals surface area (Å²) < 4.78 is 1.18. The molecular formula is C18H25BrN2. The van der Waals surface area contributed by atoms with Gasteiger partial charge in [0.2, 0.25) is 0 Å². The van der Waals surface area contributed by atoms with E-state index in [1.54, 1.807) is 0 Å². The van der Waals surface area contributed by atoms with Gasteiger partial charge < -0.3 is 5.32 Å². The smallest absolute Gasteiger partial charge is 0.0732 e. The second kappa shape index (κ2) is 5.96. The van der Waals surface area contributed by atoms with Crippen LogP contribution in [0.25, 0.3) is 10.9 Å². The molecule has 114 valence electrons. The minimum absolute atomic E-state index is 0.0473. The van der Waals surface area contributed by atoms with E-state index in [4.69, 9.17) is 4.98 Å². The molecule has 0 atom stereocenters. The monoisotopic (exact) mass is 348 g/mol. The van der Waals surface area contributed by atoms with Crippen LogP contribution in [0.5, 0.6) is 0 Å². The molecule has 0 fully saturated rings. The van der Waals surface area contributed by atoms with Gasteiger partial charge in [0, 0.05) is 33.2 Å². The van der Waals surface area contributed by atoms with E-state index in [9.17, 15) is 0 Å². The predicted octanol–water partition coefficient (Wildman–Crippen LogP) is 5.73. The number of nitrogens with one attached hydrogen (secondary N) is 1. The molecule has 0 amide bonds. The second-order valence-electron chi connectivity index (χ2n) is 6.76.